The molecule has 0 spiro atoms. The van der Waals surface area contributed by atoms with Crippen molar-refractivity contribution in [2.75, 3.05) is 0 Å². The minimum atomic E-state index is -1.26. The first-order chi connectivity index (χ1) is 11.6. The first-order valence-corrected chi connectivity index (χ1v) is 6.19. The molecule has 0 bridgehead atoms. The lowest BCUT2D eigenvalue weighted by atomic mass is 10.2. The fraction of sp³-hybridized carbons (Fsp3) is 0. The number of hydrogen-bond donors (Lipinski definition) is 5. The van der Waals surface area contributed by atoms with Gasteiger partial charge in [-0.15, -0.1) is 0 Å². The Morgan fingerprint density at radius 2 is 0.920 bits per heavy atom. The van der Waals surface area contributed by atoms with Crippen molar-refractivity contribution in [2.45, 2.75) is 0 Å². The maximum atomic E-state index is 10.4. The van der Waals surface area contributed by atoms with Gasteiger partial charge in [0, 0.05) is 29.9 Å². The molecular weight excluding hydrogens is 338 g/mol. The van der Waals surface area contributed by atoms with Crippen molar-refractivity contribution >= 4 is 29.8 Å². The average molecular weight is 353 g/mol. The fourth-order valence-corrected chi connectivity index (χ4v) is 0.888. The van der Waals surface area contributed by atoms with Gasteiger partial charge in [-0.25, -0.2) is 19.2 Å². The minimum Gasteiger partial charge on any atom is -0.478 e. The zero-order valence-corrected chi connectivity index (χ0v) is 12.6. The summed E-state index contributed by atoms with van der Waals surface area (Å²) >= 11 is 0. The normalized spacial score (nSPS) is 9.28. The third-order valence-corrected chi connectivity index (χ3v) is 1.80. The van der Waals surface area contributed by atoms with Gasteiger partial charge in [-0.1, -0.05) is 18.2 Å². The molecule has 10 heteroatoms. The van der Waals surface area contributed by atoms with E-state index in [2.05, 4.69) is 0 Å². The van der Waals surface area contributed by atoms with Gasteiger partial charge in [0.1, 0.15) is 0 Å². The lowest BCUT2D eigenvalue weighted by molar-refractivity contribution is -0.134. The second-order valence-corrected chi connectivity index (χ2v) is 3.75. The Morgan fingerprint density at radius 1 is 0.640 bits per heavy atom. The van der Waals surface area contributed by atoms with E-state index in [1.807, 2.05) is 6.07 Å². The summed E-state index contributed by atoms with van der Waals surface area (Å²) in [5.74, 6) is -5.41. The van der Waals surface area contributed by atoms with E-state index in [1.165, 1.54) is 0 Å². The topological polar surface area (TPSA) is 192 Å². The molecule has 0 aromatic heterocycles. The molecule has 1 aromatic rings. The van der Waals surface area contributed by atoms with Gasteiger partial charge in [0.05, 0.1) is 0 Å². The highest BCUT2D eigenvalue weighted by atomic mass is 16.4. The Hall–Kier alpha value is -3.95. The zero-order valence-electron chi connectivity index (χ0n) is 12.6. The lowest BCUT2D eigenvalue weighted by Gasteiger charge is -1.89. The van der Waals surface area contributed by atoms with Gasteiger partial charge in [-0.3, -0.25) is 4.79 Å². The second kappa shape index (κ2) is 13.7. The highest BCUT2D eigenvalue weighted by Gasteiger charge is 1.93. The first kappa shape index (κ1) is 23.3. The Bertz CT molecular complexity index is 597. The van der Waals surface area contributed by atoms with Crippen LogP contribution in [0, 0.1) is 0 Å². The summed E-state index contributed by atoms with van der Waals surface area (Å²) in [4.78, 5) is 48.6. The number of carbonyl (C=O) groups is 5. The molecule has 0 radical (unpaired) electrons. The number of nitrogens with two attached hydrogens (primary N) is 1. The molecule has 0 aliphatic heterocycles. The van der Waals surface area contributed by atoms with E-state index < -0.39 is 23.9 Å². The van der Waals surface area contributed by atoms with Gasteiger partial charge in [-0.2, -0.15) is 0 Å². The van der Waals surface area contributed by atoms with Crippen LogP contribution < -0.4 is 5.73 Å². The average Bonchev–Trinajstić information content (AvgIpc) is 2.53. The molecule has 1 rings (SSSR count). The van der Waals surface area contributed by atoms with Crippen LogP contribution in [0.4, 0.5) is 0 Å². The number of benzene rings is 1. The van der Waals surface area contributed by atoms with Crippen LogP contribution in [0.3, 0.4) is 0 Å². The largest absolute Gasteiger partial charge is 0.478 e. The van der Waals surface area contributed by atoms with E-state index >= 15 is 0 Å². The number of carbonyl (C=O) groups excluding carboxylic acids is 1. The van der Waals surface area contributed by atoms with E-state index in [1.54, 1.807) is 24.3 Å². The third kappa shape index (κ3) is 20.1. The molecule has 0 aliphatic rings. The van der Waals surface area contributed by atoms with Gasteiger partial charge in [0.2, 0.25) is 5.91 Å². The van der Waals surface area contributed by atoms with E-state index in [0.717, 1.165) is 0 Å². The number of carboxylic acid groups (broad SMARTS) is 4. The maximum Gasteiger partial charge on any atom is 0.328 e. The molecule has 0 saturated heterocycles. The van der Waals surface area contributed by atoms with Gasteiger partial charge >= 0.3 is 23.9 Å². The summed E-state index contributed by atoms with van der Waals surface area (Å²) in [5, 5.41) is 31.2. The van der Waals surface area contributed by atoms with Crippen LogP contribution in [0.25, 0.3) is 0 Å². The molecule has 10 nitrogen and oxygen atoms in total. The molecule has 0 aliphatic carbocycles. The Labute approximate surface area is 141 Å². The van der Waals surface area contributed by atoms with Crippen molar-refractivity contribution in [2.24, 2.45) is 5.73 Å². The fourth-order valence-electron chi connectivity index (χ4n) is 0.888. The number of primary amides is 1. The van der Waals surface area contributed by atoms with Crippen LogP contribution in [-0.2, 0) is 19.2 Å². The third-order valence-electron chi connectivity index (χ3n) is 1.80. The number of aliphatic carboxylic acids is 4. The molecule has 25 heavy (non-hydrogen) atoms. The van der Waals surface area contributed by atoms with Crippen molar-refractivity contribution < 1.29 is 44.4 Å². The SMILES string of the molecule is NC(=O)c1ccccc1.O=C(O)C=CC(=O)O.O=C(O)C=CC(=O)O. The van der Waals surface area contributed by atoms with Crippen LogP contribution in [-0.4, -0.2) is 50.2 Å². The Balaban J connectivity index is 0. The number of amides is 1. The minimum absolute atomic E-state index is 0.379. The molecule has 6 N–H and O–H groups in total. The van der Waals surface area contributed by atoms with Crippen LogP contribution in [0.15, 0.2) is 54.6 Å². The summed E-state index contributed by atoms with van der Waals surface area (Å²) in [7, 11) is 0. The summed E-state index contributed by atoms with van der Waals surface area (Å²) < 4.78 is 0. The predicted molar refractivity (Wildman–Crippen MR) is 83.8 cm³/mol. The molecule has 0 atom stereocenters. The molecule has 1 amide bonds. The highest BCUT2D eigenvalue weighted by Crippen LogP contribution is 1.94. The van der Waals surface area contributed by atoms with Crippen molar-refractivity contribution in [3.8, 4) is 0 Å². The number of rotatable bonds is 5. The Kier molecular flexibility index (Phi) is 12.8. The molecule has 0 unspecified atom stereocenters. The quantitative estimate of drug-likeness (QED) is 0.460. The van der Waals surface area contributed by atoms with Gasteiger partial charge in [0.15, 0.2) is 0 Å². The second-order valence-electron chi connectivity index (χ2n) is 3.75. The molecular formula is C15H15NO9. The van der Waals surface area contributed by atoms with Crippen molar-refractivity contribution in [1.82, 2.24) is 0 Å². The van der Waals surface area contributed by atoms with Gasteiger partial charge in [0.25, 0.3) is 0 Å². The van der Waals surface area contributed by atoms with E-state index in [-0.39, 0.29) is 5.91 Å². The predicted octanol–water partition coefficient (Wildman–Crippen LogP) is 0.209. The lowest BCUT2D eigenvalue weighted by Crippen LogP contribution is -2.09. The maximum absolute atomic E-state index is 10.4. The van der Waals surface area contributed by atoms with E-state index in [9.17, 15) is 24.0 Å². The number of carboxylic acids is 4. The van der Waals surface area contributed by atoms with Crippen LogP contribution >= 0.6 is 0 Å². The van der Waals surface area contributed by atoms with Crippen molar-refractivity contribution in [1.29, 1.82) is 0 Å². The first-order valence-electron chi connectivity index (χ1n) is 6.19. The summed E-state index contributed by atoms with van der Waals surface area (Å²) in [6.45, 7) is 0. The molecule has 0 saturated carbocycles. The zero-order chi connectivity index (χ0) is 19.8. The summed E-state index contributed by atoms with van der Waals surface area (Å²) in [5.41, 5.74) is 5.53. The van der Waals surface area contributed by atoms with Crippen molar-refractivity contribution in [3.05, 3.63) is 60.2 Å². The number of hydrogen-bond acceptors (Lipinski definition) is 5. The Morgan fingerprint density at radius 3 is 1.08 bits per heavy atom. The van der Waals surface area contributed by atoms with Crippen LogP contribution in [0.1, 0.15) is 10.4 Å². The van der Waals surface area contributed by atoms with Gasteiger partial charge in [-0.05, 0) is 12.1 Å². The summed E-state index contributed by atoms with van der Waals surface area (Å²) in [6.07, 6.45) is 2.23. The smallest absolute Gasteiger partial charge is 0.328 e. The van der Waals surface area contributed by atoms with E-state index in [4.69, 9.17) is 26.2 Å². The molecule has 0 heterocycles. The highest BCUT2D eigenvalue weighted by molar-refractivity contribution is 5.92. The van der Waals surface area contributed by atoms with Crippen LogP contribution in [0.5, 0.6) is 0 Å². The molecule has 1 aromatic carbocycles. The summed E-state index contributed by atoms with van der Waals surface area (Å²) in [6, 6.07) is 8.76. The molecule has 0 fully saturated rings. The monoisotopic (exact) mass is 353 g/mol. The van der Waals surface area contributed by atoms with Crippen LogP contribution in [0.2, 0.25) is 0 Å². The van der Waals surface area contributed by atoms with E-state index in [0.29, 0.717) is 29.9 Å². The van der Waals surface area contributed by atoms with Crippen molar-refractivity contribution in [3.63, 3.8) is 0 Å². The standard InChI is InChI=1S/C7H7NO.2C4H4O4/c8-7(9)6-4-2-1-3-5-6;2*5-3(6)1-2-4(7)8/h1-5H,(H2,8,9);2*1-2H,(H,5,6)(H,7,8). The van der Waals surface area contributed by atoms with Gasteiger partial charge < -0.3 is 26.2 Å². The molecule has 134 valence electrons.